The number of amides is 1. The van der Waals surface area contributed by atoms with E-state index < -0.39 is 0 Å². The number of carbonyl (C=O) groups excluding carboxylic acids is 1. The van der Waals surface area contributed by atoms with Gasteiger partial charge in [-0.15, -0.1) is 0 Å². The van der Waals surface area contributed by atoms with Crippen LogP contribution in [-0.2, 0) is 4.79 Å². The SMILES string of the molecule is CC1C=C(C(=N)CC2C(N)=NCCN2CC=CC(Cl)=CC=CCl)C=CC1C(=O)N1CCCC1. The second-order valence-electron chi connectivity index (χ2n) is 8.67. The summed E-state index contributed by atoms with van der Waals surface area (Å²) in [4.78, 5) is 21.4. The molecular formula is C25H33Cl2N5O. The van der Waals surface area contributed by atoms with Gasteiger partial charge in [-0.25, -0.2) is 0 Å². The number of hydrogen-bond donors (Lipinski definition) is 2. The molecule has 1 amide bonds. The summed E-state index contributed by atoms with van der Waals surface area (Å²) in [6, 6.07) is -0.144. The van der Waals surface area contributed by atoms with E-state index in [9.17, 15) is 4.79 Å². The molecule has 0 aromatic heterocycles. The molecule has 1 aliphatic carbocycles. The number of nitrogens with two attached hydrogens (primary N) is 1. The van der Waals surface area contributed by atoms with Gasteiger partial charge in [-0.2, -0.15) is 0 Å². The molecule has 0 spiro atoms. The Bertz CT molecular complexity index is 912. The number of halogens is 2. The normalized spacial score (nSPS) is 26.8. The Morgan fingerprint density at radius 2 is 2.09 bits per heavy atom. The van der Waals surface area contributed by atoms with Crippen LogP contribution in [0.15, 0.2) is 63.7 Å². The first-order chi connectivity index (χ1) is 15.9. The van der Waals surface area contributed by atoms with Gasteiger partial charge in [0, 0.05) is 48.9 Å². The predicted molar refractivity (Wildman–Crippen MR) is 138 cm³/mol. The van der Waals surface area contributed by atoms with Gasteiger partial charge in [0.25, 0.3) is 0 Å². The van der Waals surface area contributed by atoms with Gasteiger partial charge in [-0.3, -0.25) is 14.7 Å². The highest BCUT2D eigenvalue weighted by atomic mass is 35.5. The lowest BCUT2D eigenvalue weighted by Gasteiger charge is -2.34. The summed E-state index contributed by atoms with van der Waals surface area (Å²) in [5.41, 5.74) is 9.01. The van der Waals surface area contributed by atoms with Crippen LogP contribution in [0.5, 0.6) is 0 Å². The fourth-order valence-corrected chi connectivity index (χ4v) is 4.72. The topological polar surface area (TPSA) is 85.8 Å². The van der Waals surface area contributed by atoms with E-state index in [0.717, 1.165) is 38.0 Å². The molecule has 1 fully saturated rings. The zero-order valence-electron chi connectivity index (χ0n) is 19.1. The molecule has 1 saturated heterocycles. The summed E-state index contributed by atoms with van der Waals surface area (Å²) in [6.45, 7) is 5.83. The second-order valence-corrected chi connectivity index (χ2v) is 9.36. The van der Waals surface area contributed by atoms with Gasteiger partial charge >= 0.3 is 0 Å². The third-order valence-corrected chi connectivity index (χ3v) is 6.75. The maximum atomic E-state index is 12.8. The molecule has 3 atom stereocenters. The first kappa shape index (κ1) is 25.5. The fraction of sp³-hybridized carbons (Fsp3) is 0.480. The van der Waals surface area contributed by atoms with E-state index in [1.165, 1.54) is 5.54 Å². The number of likely N-dealkylation sites (tertiary alicyclic amines) is 1. The molecule has 0 saturated carbocycles. The zero-order chi connectivity index (χ0) is 23.8. The largest absolute Gasteiger partial charge is 0.386 e. The van der Waals surface area contributed by atoms with Crippen molar-refractivity contribution in [2.24, 2.45) is 22.6 Å². The van der Waals surface area contributed by atoms with Gasteiger partial charge in [0.15, 0.2) is 0 Å². The molecule has 2 heterocycles. The van der Waals surface area contributed by atoms with Crippen molar-refractivity contribution in [2.45, 2.75) is 32.2 Å². The Labute approximate surface area is 206 Å². The monoisotopic (exact) mass is 489 g/mol. The molecular weight excluding hydrogens is 457 g/mol. The van der Waals surface area contributed by atoms with Crippen molar-refractivity contribution in [2.75, 3.05) is 32.7 Å². The fourth-order valence-electron chi connectivity index (χ4n) is 4.49. The minimum atomic E-state index is -0.144. The first-order valence-corrected chi connectivity index (χ1v) is 12.3. The molecule has 0 aromatic rings. The van der Waals surface area contributed by atoms with Crippen molar-refractivity contribution in [3.8, 4) is 0 Å². The third-order valence-electron chi connectivity index (χ3n) is 6.35. The van der Waals surface area contributed by atoms with Crippen molar-refractivity contribution in [1.29, 1.82) is 5.41 Å². The van der Waals surface area contributed by atoms with Gasteiger partial charge < -0.3 is 16.0 Å². The Morgan fingerprint density at radius 3 is 2.79 bits per heavy atom. The van der Waals surface area contributed by atoms with E-state index in [1.54, 1.807) is 12.2 Å². The molecule has 0 bridgehead atoms. The van der Waals surface area contributed by atoms with Crippen molar-refractivity contribution in [3.63, 3.8) is 0 Å². The zero-order valence-corrected chi connectivity index (χ0v) is 20.6. The first-order valence-electron chi connectivity index (χ1n) is 11.5. The van der Waals surface area contributed by atoms with Crippen molar-refractivity contribution >= 4 is 40.7 Å². The van der Waals surface area contributed by atoms with E-state index in [0.29, 0.717) is 36.1 Å². The average Bonchev–Trinajstić information content (AvgIpc) is 3.34. The van der Waals surface area contributed by atoms with Gasteiger partial charge in [0.2, 0.25) is 5.91 Å². The molecule has 3 aliphatic rings. The third kappa shape index (κ3) is 6.92. The molecule has 178 valence electrons. The minimum Gasteiger partial charge on any atom is -0.386 e. The van der Waals surface area contributed by atoms with E-state index in [2.05, 4.69) is 22.9 Å². The summed E-state index contributed by atoms with van der Waals surface area (Å²) in [6.07, 6.45) is 15.8. The van der Waals surface area contributed by atoms with Crippen LogP contribution >= 0.6 is 23.2 Å². The van der Waals surface area contributed by atoms with E-state index >= 15 is 0 Å². The van der Waals surface area contributed by atoms with Crippen LogP contribution in [0.25, 0.3) is 0 Å². The van der Waals surface area contributed by atoms with Crippen LogP contribution in [0.3, 0.4) is 0 Å². The van der Waals surface area contributed by atoms with Crippen molar-refractivity contribution < 1.29 is 4.79 Å². The number of hydrogen-bond acceptors (Lipinski definition) is 5. The molecule has 33 heavy (non-hydrogen) atoms. The number of rotatable bonds is 8. The molecule has 2 aliphatic heterocycles. The predicted octanol–water partition coefficient (Wildman–Crippen LogP) is 4.24. The Kier molecular flexibility index (Phi) is 9.53. The van der Waals surface area contributed by atoms with Gasteiger partial charge in [0.05, 0.1) is 18.5 Å². The summed E-state index contributed by atoms with van der Waals surface area (Å²) < 4.78 is 0. The molecule has 8 heteroatoms. The highest BCUT2D eigenvalue weighted by Gasteiger charge is 2.31. The average molecular weight is 490 g/mol. The smallest absolute Gasteiger partial charge is 0.230 e. The van der Waals surface area contributed by atoms with E-state index in [-0.39, 0.29) is 23.8 Å². The quantitative estimate of drug-likeness (QED) is 0.394. The number of nitrogens with one attached hydrogen (secondary N) is 1. The van der Waals surface area contributed by atoms with Gasteiger partial charge in [0.1, 0.15) is 5.84 Å². The maximum absolute atomic E-state index is 12.8. The van der Waals surface area contributed by atoms with Gasteiger partial charge in [-0.1, -0.05) is 54.4 Å². The van der Waals surface area contributed by atoms with Crippen molar-refractivity contribution in [1.82, 2.24) is 9.80 Å². The molecule has 3 rings (SSSR count). The Hall–Kier alpha value is -2.15. The molecule has 3 unspecified atom stereocenters. The molecule has 3 N–H and O–H groups in total. The standard InChI is InChI=1S/C25H33Cl2N5O/c1-18-16-19(8-9-21(18)25(33)32-12-2-3-13-32)22(28)17-23-24(29)30-11-15-31(23)14-5-7-20(27)6-4-10-26/h4-10,16,18,21,23,28H,2-3,11-15,17H2,1H3,(H2,29,30). The number of aliphatic imine (C=N–C) groups is 1. The summed E-state index contributed by atoms with van der Waals surface area (Å²) >= 11 is 11.7. The Balaban J connectivity index is 1.62. The van der Waals surface area contributed by atoms with E-state index in [1.807, 2.05) is 29.2 Å². The number of allylic oxidation sites excluding steroid dienone is 7. The number of amidine groups is 1. The van der Waals surface area contributed by atoms with Crippen LogP contribution in [-0.4, -0.2) is 66.0 Å². The molecule has 6 nitrogen and oxygen atoms in total. The van der Waals surface area contributed by atoms with E-state index in [4.69, 9.17) is 34.3 Å². The highest BCUT2D eigenvalue weighted by Crippen LogP contribution is 2.27. The number of carbonyl (C=O) groups is 1. The lowest BCUT2D eigenvalue weighted by Crippen LogP contribution is -2.50. The lowest BCUT2D eigenvalue weighted by molar-refractivity contribution is -0.133. The van der Waals surface area contributed by atoms with Crippen LogP contribution in [0, 0.1) is 17.2 Å². The van der Waals surface area contributed by atoms with Gasteiger partial charge in [-0.05, 0) is 42.6 Å². The maximum Gasteiger partial charge on any atom is 0.230 e. The number of nitrogens with zero attached hydrogens (tertiary/aromatic N) is 3. The van der Waals surface area contributed by atoms with Crippen LogP contribution in [0.1, 0.15) is 26.2 Å². The second kappa shape index (κ2) is 12.4. The molecule has 0 radical (unpaired) electrons. The highest BCUT2D eigenvalue weighted by molar-refractivity contribution is 6.31. The summed E-state index contributed by atoms with van der Waals surface area (Å²) in [5, 5.41) is 9.31. The van der Waals surface area contributed by atoms with Crippen molar-refractivity contribution in [3.05, 3.63) is 58.7 Å². The van der Waals surface area contributed by atoms with Crippen LogP contribution in [0.2, 0.25) is 0 Å². The van der Waals surface area contributed by atoms with Crippen LogP contribution in [0.4, 0.5) is 0 Å². The minimum absolute atomic E-state index is 0.0609. The van der Waals surface area contributed by atoms with Crippen LogP contribution < -0.4 is 5.73 Å². The Morgan fingerprint density at radius 1 is 1.33 bits per heavy atom. The summed E-state index contributed by atoms with van der Waals surface area (Å²) in [5.74, 6) is 0.676. The summed E-state index contributed by atoms with van der Waals surface area (Å²) in [7, 11) is 0. The molecule has 0 aromatic carbocycles. The lowest BCUT2D eigenvalue weighted by atomic mass is 9.84.